The lowest BCUT2D eigenvalue weighted by Crippen LogP contribution is -2.45. The van der Waals surface area contributed by atoms with E-state index in [0.29, 0.717) is 34.5 Å². The average molecular weight is 696 g/mol. The molecule has 0 saturated carbocycles. The minimum atomic E-state index is -4.71. The summed E-state index contributed by atoms with van der Waals surface area (Å²) in [6.07, 6.45) is -5.10. The highest BCUT2D eigenvalue weighted by molar-refractivity contribution is 6.31. The number of nitrogens with one attached hydrogen (secondary N) is 1. The number of nitrogens with zero attached hydrogens (tertiary/aromatic N) is 5. The number of hydrogen-bond acceptors (Lipinski definition) is 7. The summed E-state index contributed by atoms with van der Waals surface area (Å²) >= 11 is 6.52. The lowest BCUT2D eigenvalue weighted by Gasteiger charge is -2.36. The van der Waals surface area contributed by atoms with Crippen molar-refractivity contribution in [1.82, 2.24) is 19.8 Å². The van der Waals surface area contributed by atoms with E-state index in [1.54, 1.807) is 50.1 Å². The number of amides is 2. The minimum absolute atomic E-state index is 0.00501. The van der Waals surface area contributed by atoms with Crippen LogP contribution in [-0.4, -0.2) is 65.0 Å². The lowest BCUT2D eigenvalue weighted by molar-refractivity contribution is -0.247. The van der Waals surface area contributed by atoms with Crippen LogP contribution in [0.5, 0.6) is 0 Å². The molecule has 9 nitrogen and oxygen atoms in total. The van der Waals surface area contributed by atoms with Crippen molar-refractivity contribution < 1.29 is 27.9 Å². The number of carbonyl (C=O) groups is 2. The second-order valence-corrected chi connectivity index (χ2v) is 12.2. The molecule has 4 rings (SSSR count). The van der Waals surface area contributed by atoms with Crippen molar-refractivity contribution in [3.05, 3.63) is 111 Å². The van der Waals surface area contributed by atoms with Crippen molar-refractivity contribution in [2.24, 2.45) is 0 Å². The van der Waals surface area contributed by atoms with Crippen LogP contribution in [0.15, 0.2) is 66.9 Å². The second-order valence-electron chi connectivity index (χ2n) is 11.8. The van der Waals surface area contributed by atoms with Gasteiger partial charge in [-0.2, -0.15) is 18.2 Å². The molecule has 4 aromatic rings. The van der Waals surface area contributed by atoms with E-state index in [9.17, 15) is 27.9 Å². The SMILES string of the molecule is CCN(CC)CCN(C)C(=O)c1ccc(Nc2nccc(N(C(=O)[O-])C(c3cc(C(F)(F)F)ccc3Cl)c3c(C)cc(C)cc3C)n2)cc1. The summed E-state index contributed by atoms with van der Waals surface area (Å²) in [5.74, 6) is -0.287. The quantitative estimate of drug-likeness (QED) is 0.168. The molecule has 0 aliphatic rings. The van der Waals surface area contributed by atoms with Crippen LogP contribution in [0, 0.1) is 20.8 Å². The van der Waals surface area contributed by atoms with Crippen molar-refractivity contribution in [2.45, 2.75) is 46.8 Å². The fourth-order valence-electron chi connectivity index (χ4n) is 5.83. The molecule has 1 heterocycles. The van der Waals surface area contributed by atoms with Gasteiger partial charge in [0.15, 0.2) is 0 Å². The summed E-state index contributed by atoms with van der Waals surface area (Å²) < 4.78 is 41.6. The Labute approximate surface area is 289 Å². The first-order chi connectivity index (χ1) is 23.1. The summed E-state index contributed by atoms with van der Waals surface area (Å²) in [5.41, 5.74) is 2.53. The molecule has 0 bridgehead atoms. The Kier molecular flexibility index (Phi) is 11.9. The van der Waals surface area contributed by atoms with Gasteiger partial charge in [-0.1, -0.05) is 43.1 Å². The molecule has 0 fully saturated rings. The number of aryl methyl sites for hydroxylation is 3. The molecule has 260 valence electrons. The standard InChI is InChI=1S/C36H40ClF3N6O3/c1-7-45(8-2)18-17-44(6)33(47)25-9-12-27(13-10-25)42-34-41-16-15-30(43-34)46(35(48)49)32(31-23(4)19-22(3)20-24(31)5)28-21-26(36(38,39)40)11-14-29(28)37/h9-16,19-21,32H,7-8,17-18H2,1-6H3,(H,48,49)(H,41,42,43)/p-1. The van der Waals surface area contributed by atoms with E-state index in [2.05, 4.69) is 34.0 Å². The maximum atomic E-state index is 13.9. The Bertz CT molecular complexity index is 1770. The molecule has 1 aromatic heterocycles. The third-order valence-corrected chi connectivity index (χ3v) is 8.70. The number of halogens is 4. The minimum Gasteiger partial charge on any atom is -0.530 e. The third-order valence-electron chi connectivity index (χ3n) is 8.35. The van der Waals surface area contributed by atoms with Gasteiger partial charge in [0.05, 0.1) is 11.6 Å². The fraction of sp³-hybridized carbons (Fsp3) is 0.333. The largest absolute Gasteiger partial charge is 0.530 e. The van der Waals surface area contributed by atoms with Crippen LogP contribution < -0.4 is 15.3 Å². The number of carbonyl (C=O) groups excluding carboxylic acids is 2. The molecule has 2 amide bonds. The Morgan fingerprint density at radius 3 is 2.14 bits per heavy atom. The van der Waals surface area contributed by atoms with Gasteiger partial charge >= 0.3 is 6.18 Å². The molecule has 1 unspecified atom stereocenters. The van der Waals surface area contributed by atoms with E-state index in [1.807, 2.05) is 19.1 Å². The molecular weight excluding hydrogens is 657 g/mol. The molecule has 1 atom stereocenters. The average Bonchev–Trinajstić information content (AvgIpc) is 3.04. The van der Waals surface area contributed by atoms with Gasteiger partial charge in [0.2, 0.25) is 5.95 Å². The number of benzene rings is 3. The predicted molar refractivity (Wildman–Crippen MR) is 183 cm³/mol. The van der Waals surface area contributed by atoms with Crippen molar-refractivity contribution in [2.75, 3.05) is 43.4 Å². The summed E-state index contributed by atoms with van der Waals surface area (Å²) in [7, 11) is 1.75. The highest BCUT2D eigenvalue weighted by Gasteiger charge is 2.35. The maximum absolute atomic E-state index is 13.9. The van der Waals surface area contributed by atoms with Crippen molar-refractivity contribution >= 4 is 41.1 Å². The van der Waals surface area contributed by atoms with Gasteiger partial charge in [0.25, 0.3) is 5.91 Å². The van der Waals surface area contributed by atoms with Gasteiger partial charge in [0, 0.05) is 42.6 Å². The smallest absolute Gasteiger partial charge is 0.416 e. The monoisotopic (exact) mass is 695 g/mol. The molecule has 3 aromatic carbocycles. The van der Waals surface area contributed by atoms with Gasteiger partial charge in [-0.15, -0.1) is 0 Å². The van der Waals surface area contributed by atoms with Crippen LogP contribution in [0.25, 0.3) is 0 Å². The van der Waals surface area contributed by atoms with Crippen LogP contribution in [0.3, 0.4) is 0 Å². The van der Waals surface area contributed by atoms with Crippen LogP contribution in [0.4, 0.5) is 35.4 Å². The van der Waals surface area contributed by atoms with E-state index in [0.717, 1.165) is 48.3 Å². The van der Waals surface area contributed by atoms with E-state index in [4.69, 9.17) is 11.6 Å². The van der Waals surface area contributed by atoms with Gasteiger partial charge in [0.1, 0.15) is 11.9 Å². The van der Waals surface area contributed by atoms with E-state index in [-0.39, 0.29) is 28.3 Å². The maximum Gasteiger partial charge on any atom is 0.416 e. The van der Waals surface area contributed by atoms with Crippen molar-refractivity contribution in [3.8, 4) is 0 Å². The highest BCUT2D eigenvalue weighted by Crippen LogP contribution is 2.42. The third kappa shape index (κ3) is 8.87. The van der Waals surface area contributed by atoms with E-state index in [1.165, 1.54) is 12.3 Å². The summed E-state index contributed by atoms with van der Waals surface area (Å²) in [5, 5.41) is 15.9. The first-order valence-electron chi connectivity index (χ1n) is 15.8. The molecule has 49 heavy (non-hydrogen) atoms. The van der Waals surface area contributed by atoms with Crippen molar-refractivity contribution in [1.29, 1.82) is 0 Å². The number of rotatable bonds is 12. The molecular formula is C36H39ClF3N6O3-. The Hall–Kier alpha value is -4.68. The number of likely N-dealkylation sites (N-methyl/N-ethyl adjacent to an activating group) is 2. The Morgan fingerprint density at radius 1 is 0.939 bits per heavy atom. The second kappa shape index (κ2) is 15.7. The zero-order valence-corrected chi connectivity index (χ0v) is 29.0. The summed E-state index contributed by atoms with van der Waals surface area (Å²) in [6.45, 7) is 12.6. The van der Waals surface area contributed by atoms with Crippen LogP contribution >= 0.6 is 11.6 Å². The van der Waals surface area contributed by atoms with Gasteiger partial charge in [-0.3, -0.25) is 4.79 Å². The van der Waals surface area contributed by atoms with Gasteiger partial charge in [-0.05, 0) is 105 Å². The van der Waals surface area contributed by atoms with Crippen LogP contribution in [0.2, 0.25) is 5.02 Å². The molecule has 13 heteroatoms. The summed E-state index contributed by atoms with van der Waals surface area (Å²) in [6, 6.07) is 13.0. The zero-order chi connectivity index (χ0) is 36.0. The van der Waals surface area contributed by atoms with Crippen LogP contribution in [-0.2, 0) is 6.18 Å². The molecule has 0 aliphatic carbocycles. The normalized spacial score (nSPS) is 12.1. The van der Waals surface area contributed by atoms with Gasteiger partial charge < -0.3 is 29.9 Å². The number of aromatic nitrogens is 2. The predicted octanol–water partition coefficient (Wildman–Crippen LogP) is 7.17. The highest BCUT2D eigenvalue weighted by atomic mass is 35.5. The topological polar surface area (TPSA) is 105 Å². The number of alkyl halides is 3. The number of carboxylic acid groups (broad SMARTS) is 1. The van der Waals surface area contributed by atoms with Gasteiger partial charge in [-0.25, -0.2) is 4.98 Å². The van der Waals surface area contributed by atoms with E-state index >= 15 is 0 Å². The van der Waals surface area contributed by atoms with Crippen LogP contribution in [0.1, 0.15) is 63.6 Å². The Morgan fingerprint density at radius 2 is 1.57 bits per heavy atom. The molecule has 0 spiro atoms. The van der Waals surface area contributed by atoms with Crippen molar-refractivity contribution in [3.63, 3.8) is 0 Å². The lowest BCUT2D eigenvalue weighted by atomic mass is 9.88. The first-order valence-corrected chi connectivity index (χ1v) is 16.1. The number of anilines is 3. The Balaban J connectivity index is 1.70. The number of hydrogen-bond donors (Lipinski definition) is 1. The molecule has 0 aliphatic heterocycles. The molecule has 1 N–H and O–H groups in total. The molecule has 0 saturated heterocycles. The fourth-order valence-corrected chi connectivity index (χ4v) is 6.05. The molecule has 0 radical (unpaired) electrons. The van der Waals surface area contributed by atoms with E-state index < -0.39 is 23.9 Å². The zero-order valence-electron chi connectivity index (χ0n) is 28.2. The summed E-state index contributed by atoms with van der Waals surface area (Å²) in [4.78, 5) is 39.2. The first kappa shape index (κ1) is 37.1.